The van der Waals surface area contributed by atoms with Crippen molar-refractivity contribution in [3.8, 4) is 0 Å². The maximum Gasteiger partial charge on any atom is 0.0299 e. The second-order valence-corrected chi connectivity index (χ2v) is 4.39. The summed E-state index contributed by atoms with van der Waals surface area (Å²) >= 11 is 1.75. The summed E-state index contributed by atoms with van der Waals surface area (Å²) in [6, 6.07) is 1.41. The average Bonchev–Trinajstić information content (AvgIpc) is 2.05. The van der Waals surface area contributed by atoms with Crippen molar-refractivity contribution >= 4 is 11.9 Å². The Hall–Kier alpha value is 0.270. The number of piperidine rings is 1. The maximum absolute atomic E-state index is 3.44. The first-order valence-corrected chi connectivity index (χ1v) is 5.99. The van der Waals surface area contributed by atoms with E-state index in [0.717, 1.165) is 0 Å². The van der Waals surface area contributed by atoms with Crippen molar-refractivity contribution in [1.82, 2.24) is 9.62 Å². The van der Waals surface area contributed by atoms with Gasteiger partial charge in [0.2, 0.25) is 0 Å². The van der Waals surface area contributed by atoms with E-state index in [1.54, 1.807) is 11.9 Å². The molecule has 0 amide bonds. The van der Waals surface area contributed by atoms with E-state index in [0.29, 0.717) is 12.1 Å². The fourth-order valence-corrected chi connectivity index (χ4v) is 2.26. The minimum absolute atomic E-state index is 0.705. The van der Waals surface area contributed by atoms with Gasteiger partial charge < -0.3 is 0 Å². The lowest BCUT2D eigenvalue weighted by Crippen LogP contribution is -2.46. The van der Waals surface area contributed by atoms with E-state index in [1.165, 1.54) is 25.9 Å². The summed E-state index contributed by atoms with van der Waals surface area (Å²) in [5.41, 5.74) is 0. The Kier molecular flexibility index (Phi) is 4.40. The molecule has 0 aromatic heterocycles. The van der Waals surface area contributed by atoms with Gasteiger partial charge in [-0.2, -0.15) is 0 Å². The molecular weight excluding hydrogens is 168 g/mol. The highest BCUT2D eigenvalue weighted by atomic mass is 32.2. The third-order valence-electron chi connectivity index (χ3n) is 2.47. The molecule has 0 saturated carbocycles. The van der Waals surface area contributed by atoms with E-state index in [4.69, 9.17) is 0 Å². The van der Waals surface area contributed by atoms with Crippen molar-refractivity contribution in [3.63, 3.8) is 0 Å². The van der Waals surface area contributed by atoms with Crippen LogP contribution in [0.2, 0.25) is 0 Å². The Morgan fingerprint density at radius 3 is 2.83 bits per heavy atom. The van der Waals surface area contributed by atoms with E-state index >= 15 is 0 Å². The van der Waals surface area contributed by atoms with Gasteiger partial charge in [-0.3, -0.25) is 9.62 Å². The van der Waals surface area contributed by atoms with E-state index in [1.807, 2.05) is 0 Å². The van der Waals surface area contributed by atoms with Gasteiger partial charge in [0, 0.05) is 18.6 Å². The van der Waals surface area contributed by atoms with E-state index in [-0.39, 0.29) is 0 Å². The molecule has 1 rings (SSSR count). The Morgan fingerprint density at radius 2 is 2.25 bits per heavy atom. The van der Waals surface area contributed by atoms with Gasteiger partial charge in [-0.05, 0) is 39.5 Å². The fourth-order valence-electron chi connectivity index (χ4n) is 1.74. The van der Waals surface area contributed by atoms with Crippen LogP contribution in [-0.4, -0.2) is 36.3 Å². The zero-order chi connectivity index (χ0) is 8.97. The first kappa shape index (κ1) is 10.4. The molecule has 0 radical (unpaired) electrons. The Labute approximate surface area is 80.2 Å². The molecule has 72 valence electrons. The van der Waals surface area contributed by atoms with Crippen molar-refractivity contribution < 1.29 is 0 Å². The van der Waals surface area contributed by atoms with Gasteiger partial charge in [-0.15, -0.1) is 0 Å². The van der Waals surface area contributed by atoms with Crippen molar-refractivity contribution in [2.24, 2.45) is 0 Å². The van der Waals surface area contributed by atoms with E-state index < -0.39 is 0 Å². The van der Waals surface area contributed by atoms with Gasteiger partial charge >= 0.3 is 0 Å². The smallest absolute Gasteiger partial charge is 0.0299 e. The maximum atomic E-state index is 3.44. The minimum Gasteiger partial charge on any atom is -0.299 e. The number of hydrogen-bond acceptors (Lipinski definition) is 3. The number of rotatable bonds is 3. The Balaban J connectivity index is 2.30. The zero-order valence-electron chi connectivity index (χ0n) is 8.34. The minimum atomic E-state index is 0.705. The zero-order valence-corrected chi connectivity index (χ0v) is 9.16. The highest BCUT2D eigenvalue weighted by Crippen LogP contribution is 2.13. The SMILES string of the molecule is CSNC1CCCN(C(C)C)C1. The molecule has 0 aromatic rings. The van der Waals surface area contributed by atoms with Crippen LogP contribution in [0.3, 0.4) is 0 Å². The molecule has 2 nitrogen and oxygen atoms in total. The van der Waals surface area contributed by atoms with Gasteiger partial charge in [-0.25, -0.2) is 0 Å². The van der Waals surface area contributed by atoms with Gasteiger partial charge in [0.25, 0.3) is 0 Å². The van der Waals surface area contributed by atoms with Crippen LogP contribution in [0.1, 0.15) is 26.7 Å². The molecule has 3 heteroatoms. The molecule has 0 aromatic carbocycles. The predicted molar refractivity (Wildman–Crippen MR) is 56.4 cm³/mol. The van der Waals surface area contributed by atoms with Crippen LogP contribution in [0.4, 0.5) is 0 Å². The molecule has 0 bridgehead atoms. The van der Waals surface area contributed by atoms with Crippen molar-refractivity contribution in [2.45, 2.75) is 38.8 Å². The quantitative estimate of drug-likeness (QED) is 0.679. The van der Waals surface area contributed by atoms with Crippen LogP contribution < -0.4 is 4.72 Å². The van der Waals surface area contributed by atoms with Crippen LogP contribution in [0.15, 0.2) is 0 Å². The van der Waals surface area contributed by atoms with E-state index in [9.17, 15) is 0 Å². The Morgan fingerprint density at radius 1 is 1.50 bits per heavy atom. The van der Waals surface area contributed by atoms with Crippen molar-refractivity contribution in [1.29, 1.82) is 0 Å². The molecule has 0 aliphatic carbocycles. The monoisotopic (exact) mass is 188 g/mol. The van der Waals surface area contributed by atoms with Crippen molar-refractivity contribution in [3.05, 3.63) is 0 Å². The van der Waals surface area contributed by atoms with Crippen LogP contribution in [0.5, 0.6) is 0 Å². The molecule has 1 atom stereocenters. The third-order valence-corrected chi connectivity index (χ3v) is 3.04. The highest BCUT2D eigenvalue weighted by molar-refractivity contribution is 7.96. The lowest BCUT2D eigenvalue weighted by Gasteiger charge is -2.35. The van der Waals surface area contributed by atoms with Crippen molar-refractivity contribution in [2.75, 3.05) is 19.3 Å². The lowest BCUT2D eigenvalue weighted by atomic mass is 10.1. The van der Waals surface area contributed by atoms with Gasteiger partial charge in [0.1, 0.15) is 0 Å². The molecule has 12 heavy (non-hydrogen) atoms. The molecule has 1 unspecified atom stereocenters. The second-order valence-electron chi connectivity index (χ2n) is 3.75. The average molecular weight is 188 g/mol. The topological polar surface area (TPSA) is 15.3 Å². The normalized spacial score (nSPS) is 26.5. The fraction of sp³-hybridized carbons (Fsp3) is 1.00. The number of nitrogens with zero attached hydrogens (tertiary/aromatic N) is 1. The number of hydrogen-bond donors (Lipinski definition) is 1. The molecule has 1 aliphatic heterocycles. The Bertz CT molecular complexity index is 126. The molecule has 1 fully saturated rings. The summed E-state index contributed by atoms with van der Waals surface area (Å²) in [6.07, 6.45) is 4.79. The summed E-state index contributed by atoms with van der Waals surface area (Å²) in [4.78, 5) is 2.55. The van der Waals surface area contributed by atoms with Crippen LogP contribution in [-0.2, 0) is 0 Å². The third kappa shape index (κ3) is 2.96. The van der Waals surface area contributed by atoms with E-state index in [2.05, 4.69) is 29.7 Å². The first-order chi connectivity index (χ1) is 5.74. The molecule has 1 aliphatic rings. The summed E-state index contributed by atoms with van der Waals surface area (Å²) < 4.78 is 3.44. The number of likely N-dealkylation sites (tertiary alicyclic amines) is 1. The predicted octanol–water partition coefficient (Wildman–Crippen LogP) is 1.73. The van der Waals surface area contributed by atoms with Gasteiger partial charge in [0.05, 0.1) is 0 Å². The lowest BCUT2D eigenvalue weighted by molar-refractivity contribution is 0.164. The summed E-state index contributed by atoms with van der Waals surface area (Å²) in [5.74, 6) is 0. The number of nitrogens with one attached hydrogen (secondary N) is 1. The highest BCUT2D eigenvalue weighted by Gasteiger charge is 2.20. The summed E-state index contributed by atoms with van der Waals surface area (Å²) in [5, 5.41) is 0. The molecular formula is C9H20N2S. The largest absolute Gasteiger partial charge is 0.299 e. The van der Waals surface area contributed by atoms with Gasteiger partial charge in [0.15, 0.2) is 0 Å². The standard InChI is InChI=1S/C9H20N2S/c1-8(2)11-6-4-5-9(7-11)10-12-3/h8-10H,4-7H2,1-3H3. The first-order valence-electron chi connectivity index (χ1n) is 4.76. The van der Waals surface area contributed by atoms with Crippen LogP contribution >= 0.6 is 11.9 Å². The summed E-state index contributed by atoms with van der Waals surface area (Å²) in [6.45, 7) is 7.06. The molecule has 1 saturated heterocycles. The summed E-state index contributed by atoms with van der Waals surface area (Å²) in [7, 11) is 0. The van der Waals surface area contributed by atoms with Crippen LogP contribution in [0, 0.1) is 0 Å². The molecule has 1 heterocycles. The molecule has 1 N–H and O–H groups in total. The van der Waals surface area contributed by atoms with Gasteiger partial charge in [-0.1, -0.05) is 11.9 Å². The molecule has 0 spiro atoms. The second kappa shape index (κ2) is 5.10. The van der Waals surface area contributed by atoms with Crippen LogP contribution in [0.25, 0.3) is 0 Å².